The number of hydrogen-bond acceptors (Lipinski definition) is 3. The number of likely N-dealkylation sites (tertiary alicyclic amines) is 1. The molecule has 1 amide bonds. The molecule has 1 N–H and O–H groups in total. The lowest BCUT2D eigenvalue weighted by molar-refractivity contribution is -0.133. The molecule has 0 unspecified atom stereocenters. The summed E-state index contributed by atoms with van der Waals surface area (Å²) < 4.78 is 0. The fourth-order valence-corrected chi connectivity index (χ4v) is 3.04. The monoisotopic (exact) mass is 332 g/mol. The van der Waals surface area contributed by atoms with Gasteiger partial charge in [-0.3, -0.25) is 4.79 Å². The van der Waals surface area contributed by atoms with Crippen LogP contribution in [0, 0.1) is 0 Å². The number of aliphatic hydroxyl groups is 1. The van der Waals surface area contributed by atoms with E-state index in [0.717, 1.165) is 58.3 Å². The topological polar surface area (TPSA) is 43.8 Å². The van der Waals surface area contributed by atoms with Crippen LogP contribution in [0.1, 0.15) is 50.7 Å². The second-order valence-electron chi connectivity index (χ2n) is 7.70. The molecule has 4 nitrogen and oxygen atoms in total. The van der Waals surface area contributed by atoms with Gasteiger partial charge in [-0.2, -0.15) is 0 Å². The highest BCUT2D eigenvalue weighted by atomic mass is 16.3. The molecule has 0 bridgehead atoms. The molecule has 1 aromatic carbocycles. The molecule has 0 radical (unpaired) electrons. The lowest BCUT2D eigenvalue weighted by Crippen LogP contribution is -2.40. The Morgan fingerprint density at radius 3 is 2.46 bits per heavy atom. The third kappa shape index (κ3) is 6.62. The predicted molar refractivity (Wildman–Crippen MR) is 97.8 cm³/mol. The van der Waals surface area contributed by atoms with Crippen LogP contribution in [0.3, 0.4) is 0 Å². The highest BCUT2D eigenvalue weighted by molar-refractivity contribution is 5.76. The number of amides is 1. The maximum Gasteiger partial charge on any atom is 0.222 e. The van der Waals surface area contributed by atoms with Crippen molar-refractivity contribution in [3.63, 3.8) is 0 Å². The van der Waals surface area contributed by atoms with E-state index in [-0.39, 0.29) is 0 Å². The molecular weight excluding hydrogens is 300 g/mol. The number of likely N-dealkylation sites (N-methyl/N-ethyl adjacent to an activating group) is 1. The van der Waals surface area contributed by atoms with Crippen molar-refractivity contribution < 1.29 is 9.90 Å². The Morgan fingerprint density at radius 1 is 1.17 bits per heavy atom. The van der Waals surface area contributed by atoms with Gasteiger partial charge in [0.25, 0.3) is 0 Å². The Bertz CT molecular complexity index is 519. The van der Waals surface area contributed by atoms with Gasteiger partial charge in [0, 0.05) is 32.6 Å². The summed E-state index contributed by atoms with van der Waals surface area (Å²) in [5.41, 5.74) is 1.95. The van der Waals surface area contributed by atoms with Crippen molar-refractivity contribution in [1.29, 1.82) is 0 Å². The molecule has 1 aliphatic rings. The zero-order valence-electron chi connectivity index (χ0n) is 15.4. The number of benzene rings is 1. The Morgan fingerprint density at radius 2 is 1.83 bits per heavy atom. The molecule has 2 rings (SSSR count). The number of carbonyl (C=O) groups excluding carboxylic acids is 1. The van der Waals surface area contributed by atoms with Crippen LogP contribution in [-0.2, 0) is 17.8 Å². The second kappa shape index (κ2) is 8.63. The highest BCUT2D eigenvalue weighted by Gasteiger charge is 2.17. The molecule has 1 aliphatic heterocycles. The average Bonchev–Trinajstić information content (AvgIpc) is 2.53. The number of piperidine rings is 1. The van der Waals surface area contributed by atoms with Gasteiger partial charge in [0.05, 0.1) is 5.60 Å². The summed E-state index contributed by atoms with van der Waals surface area (Å²) >= 11 is 0. The Balaban J connectivity index is 1.75. The molecule has 1 fully saturated rings. The normalized spacial score (nSPS) is 16.0. The highest BCUT2D eigenvalue weighted by Crippen LogP contribution is 2.15. The summed E-state index contributed by atoms with van der Waals surface area (Å²) in [6, 6.07) is 8.65. The first kappa shape index (κ1) is 18.9. The molecule has 0 aliphatic carbocycles. The molecular formula is C20H32N2O2. The standard InChI is InChI=1S/C20H32N2O2/c1-20(2,24)12-11-17-7-9-18(10-8-17)16-21(3)14-15-22-13-5-4-6-19(22)23/h7-10,24H,4-6,11-16H2,1-3H3. The van der Waals surface area contributed by atoms with E-state index >= 15 is 0 Å². The largest absolute Gasteiger partial charge is 0.390 e. The molecule has 1 heterocycles. The second-order valence-corrected chi connectivity index (χ2v) is 7.70. The maximum atomic E-state index is 11.8. The number of aryl methyl sites for hydroxylation is 1. The van der Waals surface area contributed by atoms with E-state index < -0.39 is 5.60 Å². The minimum absolute atomic E-state index is 0.311. The van der Waals surface area contributed by atoms with E-state index in [1.54, 1.807) is 0 Å². The van der Waals surface area contributed by atoms with Crippen molar-refractivity contribution in [2.75, 3.05) is 26.7 Å². The van der Waals surface area contributed by atoms with Crippen LogP contribution in [0.4, 0.5) is 0 Å². The number of carbonyl (C=O) groups is 1. The minimum atomic E-state index is -0.606. The molecule has 1 aromatic rings. The van der Waals surface area contributed by atoms with E-state index in [4.69, 9.17) is 0 Å². The first-order valence-corrected chi connectivity index (χ1v) is 9.10. The van der Waals surface area contributed by atoms with Crippen molar-refractivity contribution >= 4 is 5.91 Å². The zero-order valence-corrected chi connectivity index (χ0v) is 15.4. The molecule has 0 saturated carbocycles. The lowest BCUT2D eigenvalue weighted by Gasteiger charge is -2.28. The van der Waals surface area contributed by atoms with Gasteiger partial charge in [0.2, 0.25) is 5.91 Å². The van der Waals surface area contributed by atoms with Gasteiger partial charge < -0.3 is 14.9 Å². The number of rotatable bonds is 8. The Kier molecular flexibility index (Phi) is 6.81. The van der Waals surface area contributed by atoms with Gasteiger partial charge >= 0.3 is 0 Å². The quantitative estimate of drug-likeness (QED) is 0.796. The van der Waals surface area contributed by atoms with Crippen LogP contribution in [-0.4, -0.2) is 53.1 Å². The molecule has 24 heavy (non-hydrogen) atoms. The van der Waals surface area contributed by atoms with Gasteiger partial charge in [0.15, 0.2) is 0 Å². The SMILES string of the molecule is CN(CCN1CCCCC1=O)Cc1ccc(CCC(C)(C)O)cc1. The van der Waals surface area contributed by atoms with Crippen LogP contribution < -0.4 is 0 Å². The summed E-state index contributed by atoms with van der Waals surface area (Å²) in [5.74, 6) is 0.311. The first-order valence-electron chi connectivity index (χ1n) is 9.10. The molecule has 0 aromatic heterocycles. The van der Waals surface area contributed by atoms with Gasteiger partial charge in [-0.1, -0.05) is 24.3 Å². The smallest absolute Gasteiger partial charge is 0.222 e. The van der Waals surface area contributed by atoms with E-state index in [0.29, 0.717) is 5.91 Å². The van der Waals surface area contributed by atoms with Crippen molar-refractivity contribution in [2.45, 2.75) is 58.1 Å². The van der Waals surface area contributed by atoms with Crippen molar-refractivity contribution in [1.82, 2.24) is 9.80 Å². The van der Waals surface area contributed by atoms with Crippen LogP contribution in [0.15, 0.2) is 24.3 Å². The van der Waals surface area contributed by atoms with Crippen LogP contribution >= 0.6 is 0 Å². The van der Waals surface area contributed by atoms with Gasteiger partial charge in [-0.15, -0.1) is 0 Å². The summed E-state index contributed by atoms with van der Waals surface area (Å²) in [7, 11) is 2.11. The van der Waals surface area contributed by atoms with Gasteiger partial charge in [-0.05, 0) is 57.7 Å². The fourth-order valence-electron chi connectivity index (χ4n) is 3.04. The third-order valence-electron chi connectivity index (χ3n) is 4.67. The molecule has 0 spiro atoms. The van der Waals surface area contributed by atoms with E-state index in [9.17, 15) is 9.90 Å². The Hall–Kier alpha value is -1.39. The predicted octanol–water partition coefficient (Wildman–Crippen LogP) is 2.83. The number of hydrogen-bond donors (Lipinski definition) is 1. The van der Waals surface area contributed by atoms with E-state index in [1.165, 1.54) is 11.1 Å². The molecule has 134 valence electrons. The Labute approximate surface area is 146 Å². The van der Waals surface area contributed by atoms with Crippen LogP contribution in [0.25, 0.3) is 0 Å². The average molecular weight is 332 g/mol. The van der Waals surface area contributed by atoms with Gasteiger partial charge in [-0.25, -0.2) is 0 Å². The minimum Gasteiger partial charge on any atom is -0.390 e. The van der Waals surface area contributed by atoms with Gasteiger partial charge in [0.1, 0.15) is 0 Å². The summed E-state index contributed by atoms with van der Waals surface area (Å²) in [6.45, 7) is 7.26. The summed E-state index contributed by atoms with van der Waals surface area (Å²) in [6.07, 6.45) is 4.58. The van der Waals surface area contributed by atoms with Crippen LogP contribution in [0.5, 0.6) is 0 Å². The molecule has 1 saturated heterocycles. The van der Waals surface area contributed by atoms with E-state index in [2.05, 4.69) is 36.2 Å². The van der Waals surface area contributed by atoms with Crippen molar-refractivity contribution in [3.8, 4) is 0 Å². The van der Waals surface area contributed by atoms with Crippen molar-refractivity contribution in [3.05, 3.63) is 35.4 Å². The summed E-state index contributed by atoms with van der Waals surface area (Å²) in [5, 5.41) is 9.80. The lowest BCUT2D eigenvalue weighted by atomic mass is 9.98. The molecule has 4 heteroatoms. The maximum absolute atomic E-state index is 11.8. The summed E-state index contributed by atoms with van der Waals surface area (Å²) in [4.78, 5) is 16.1. The first-order chi connectivity index (χ1) is 11.3. The number of nitrogens with zero attached hydrogens (tertiary/aromatic N) is 2. The zero-order chi connectivity index (χ0) is 17.6. The van der Waals surface area contributed by atoms with Crippen molar-refractivity contribution in [2.24, 2.45) is 0 Å². The fraction of sp³-hybridized carbons (Fsp3) is 0.650. The third-order valence-corrected chi connectivity index (χ3v) is 4.67. The van der Waals surface area contributed by atoms with Crippen LogP contribution in [0.2, 0.25) is 0 Å². The van der Waals surface area contributed by atoms with E-state index in [1.807, 2.05) is 18.7 Å². The molecule has 0 atom stereocenters.